The summed E-state index contributed by atoms with van der Waals surface area (Å²) in [6, 6.07) is 3.45. The molecule has 2 rings (SSSR count). The molecule has 1 fully saturated rings. The lowest BCUT2D eigenvalue weighted by Gasteiger charge is -2.22. The van der Waals surface area contributed by atoms with E-state index in [1.54, 1.807) is 12.1 Å². The molecule has 3 nitrogen and oxygen atoms in total. The Morgan fingerprint density at radius 3 is 2.65 bits per heavy atom. The fraction of sp³-hybridized carbons (Fsp3) is 0.545. The number of aromatic nitrogens is 1. The lowest BCUT2D eigenvalue weighted by molar-refractivity contribution is 0.215. The van der Waals surface area contributed by atoms with Crippen LogP contribution in [0.15, 0.2) is 12.1 Å². The quantitative estimate of drug-likeness (QED) is 0.870. The molecular formula is C11H15Cl3N2O. The molecule has 17 heavy (non-hydrogen) atoms. The molecule has 1 aromatic rings. The summed E-state index contributed by atoms with van der Waals surface area (Å²) >= 11 is 11.6. The molecule has 6 heteroatoms. The summed E-state index contributed by atoms with van der Waals surface area (Å²) in [7, 11) is 0. The second-order valence-corrected chi connectivity index (χ2v) is 4.67. The number of hydrogen-bond acceptors (Lipinski definition) is 3. The molecule has 0 amide bonds. The van der Waals surface area contributed by atoms with Gasteiger partial charge in [-0.15, -0.1) is 12.4 Å². The Labute approximate surface area is 117 Å². The molecule has 0 bridgehead atoms. The van der Waals surface area contributed by atoms with Crippen molar-refractivity contribution in [3.8, 4) is 5.75 Å². The van der Waals surface area contributed by atoms with Gasteiger partial charge in [-0.05, 0) is 44.0 Å². The standard InChI is InChI=1S/C11H14Cl2N2O.ClH/c12-10-2-1-9(11(13)15-10)16-7-8-3-5-14-6-4-8;/h1-2,8,14H,3-7H2;1H. The summed E-state index contributed by atoms with van der Waals surface area (Å²) in [5.41, 5.74) is 0. The number of hydrogen-bond donors (Lipinski definition) is 1. The maximum absolute atomic E-state index is 5.91. The highest BCUT2D eigenvalue weighted by Gasteiger charge is 2.14. The van der Waals surface area contributed by atoms with Gasteiger partial charge in [-0.25, -0.2) is 4.98 Å². The van der Waals surface area contributed by atoms with Crippen molar-refractivity contribution in [1.82, 2.24) is 10.3 Å². The van der Waals surface area contributed by atoms with Gasteiger partial charge in [0.05, 0.1) is 6.61 Å². The van der Waals surface area contributed by atoms with E-state index in [1.807, 2.05) is 0 Å². The van der Waals surface area contributed by atoms with Crippen molar-refractivity contribution >= 4 is 35.6 Å². The normalized spacial score (nSPS) is 16.4. The van der Waals surface area contributed by atoms with Crippen LogP contribution in [-0.4, -0.2) is 24.7 Å². The van der Waals surface area contributed by atoms with Gasteiger partial charge in [0.25, 0.3) is 0 Å². The van der Waals surface area contributed by atoms with Gasteiger partial charge >= 0.3 is 0 Å². The smallest absolute Gasteiger partial charge is 0.172 e. The number of rotatable bonds is 3. The van der Waals surface area contributed by atoms with Crippen LogP contribution in [0.4, 0.5) is 0 Å². The van der Waals surface area contributed by atoms with E-state index in [-0.39, 0.29) is 12.4 Å². The van der Waals surface area contributed by atoms with Gasteiger partial charge in [0.1, 0.15) is 5.15 Å². The maximum atomic E-state index is 5.91. The molecule has 0 saturated carbocycles. The largest absolute Gasteiger partial charge is 0.490 e. The van der Waals surface area contributed by atoms with E-state index in [2.05, 4.69) is 10.3 Å². The third-order valence-electron chi connectivity index (χ3n) is 2.71. The fourth-order valence-electron chi connectivity index (χ4n) is 1.76. The highest BCUT2D eigenvalue weighted by molar-refractivity contribution is 6.33. The highest BCUT2D eigenvalue weighted by atomic mass is 35.5. The van der Waals surface area contributed by atoms with Crippen molar-refractivity contribution < 1.29 is 4.74 Å². The summed E-state index contributed by atoms with van der Waals surface area (Å²) in [5.74, 6) is 1.22. The molecule has 0 unspecified atom stereocenters. The molecule has 1 aromatic heterocycles. The van der Waals surface area contributed by atoms with Gasteiger partial charge in [-0.2, -0.15) is 0 Å². The lowest BCUT2D eigenvalue weighted by Crippen LogP contribution is -2.30. The summed E-state index contributed by atoms with van der Waals surface area (Å²) in [6.45, 7) is 2.84. The number of piperidine rings is 1. The van der Waals surface area contributed by atoms with E-state index < -0.39 is 0 Å². The zero-order chi connectivity index (χ0) is 11.4. The van der Waals surface area contributed by atoms with Crippen LogP contribution in [0.3, 0.4) is 0 Å². The van der Waals surface area contributed by atoms with Crippen LogP contribution in [0, 0.1) is 5.92 Å². The van der Waals surface area contributed by atoms with Crippen LogP contribution in [-0.2, 0) is 0 Å². The Morgan fingerprint density at radius 2 is 2.00 bits per heavy atom. The number of pyridine rings is 1. The van der Waals surface area contributed by atoms with Crippen LogP contribution in [0.1, 0.15) is 12.8 Å². The Balaban J connectivity index is 0.00000144. The SMILES string of the molecule is Cl.Clc1ccc(OCC2CCNCC2)c(Cl)n1. The van der Waals surface area contributed by atoms with Crippen molar-refractivity contribution in [2.45, 2.75) is 12.8 Å². The molecule has 1 aliphatic heterocycles. The lowest BCUT2D eigenvalue weighted by atomic mass is 9.99. The molecule has 0 radical (unpaired) electrons. The average Bonchev–Trinajstić information content (AvgIpc) is 2.29. The van der Waals surface area contributed by atoms with E-state index in [4.69, 9.17) is 27.9 Å². The first-order valence-electron chi connectivity index (χ1n) is 5.41. The first-order chi connectivity index (χ1) is 7.75. The Hall–Kier alpha value is -0.220. The summed E-state index contributed by atoms with van der Waals surface area (Å²) in [4.78, 5) is 3.93. The molecular weight excluding hydrogens is 282 g/mol. The van der Waals surface area contributed by atoms with Gasteiger partial charge < -0.3 is 10.1 Å². The average molecular weight is 298 g/mol. The van der Waals surface area contributed by atoms with Crippen LogP contribution >= 0.6 is 35.6 Å². The van der Waals surface area contributed by atoms with E-state index in [0.29, 0.717) is 28.6 Å². The molecule has 1 N–H and O–H groups in total. The molecule has 0 aromatic carbocycles. The first kappa shape index (κ1) is 14.8. The van der Waals surface area contributed by atoms with Crippen LogP contribution in [0.5, 0.6) is 5.75 Å². The molecule has 1 aliphatic rings. The van der Waals surface area contributed by atoms with Crippen molar-refractivity contribution in [2.75, 3.05) is 19.7 Å². The minimum atomic E-state index is 0. The molecule has 0 aliphatic carbocycles. The second-order valence-electron chi connectivity index (χ2n) is 3.93. The Morgan fingerprint density at radius 1 is 1.29 bits per heavy atom. The number of halogens is 3. The van der Waals surface area contributed by atoms with Gasteiger partial charge in [-0.3, -0.25) is 0 Å². The summed E-state index contributed by atoms with van der Waals surface area (Å²) in [5, 5.41) is 4.04. The molecule has 1 saturated heterocycles. The first-order valence-corrected chi connectivity index (χ1v) is 6.17. The predicted molar refractivity (Wildman–Crippen MR) is 72.6 cm³/mol. The van der Waals surface area contributed by atoms with E-state index in [9.17, 15) is 0 Å². The monoisotopic (exact) mass is 296 g/mol. The topological polar surface area (TPSA) is 34.1 Å². The Bertz CT molecular complexity index is 357. The molecule has 96 valence electrons. The van der Waals surface area contributed by atoms with Gasteiger partial charge in [0.2, 0.25) is 0 Å². The van der Waals surface area contributed by atoms with Gasteiger partial charge in [0, 0.05) is 0 Å². The number of ether oxygens (including phenoxy) is 1. The van der Waals surface area contributed by atoms with Crippen LogP contribution in [0.2, 0.25) is 10.3 Å². The van der Waals surface area contributed by atoms with Crippen molar-refractivity contribution in [3.05, 3.63) is 22.4 Å². The van der Waals surface area contributed by atoms with E-state index >= 15 is 0 Å². The van der Waals surface area contributed by atoms with Crippen molar-refractivity contribution in [3.63, 3.8) is 0 Å². The minimum Gasteiger partial charge on any atom is -0.490 e. The zero-order valence-electron chi connectivity index (χ0n) is 9.29. The van der Waals surface area contributed by atoms with Crippen LogP contribution in [0.25, 0.3) is 0 Å². The third kappa shape index (κ3) is 4.51. The summed E-state index contributed by atoms with van der Waals surface area (Å²) < 4.78 is 5.65. The summed E-state index contributed by atoms with van der Waals surface area (Å²) in [6.07, 6.45) is 2.30. The maximum Gasteiger partial charge on any atom is 0.172 e. The molecule has 2 heterocycles. The van der Waals surface area contributed by atoms with Crippen molar-refractivity contribution in [1.29, 1.82) is 0 Å². The third-order valence-corrected chi connectivity index (χ3v) is 3.20. The van der Waals surface area contributed by atoms with Gasteiger partial charge in [-0.1, -0.05) is 23.2 Å². The van der Waals surface area contributed by atoms with Crippen LogP contribution < -0.4 is 10.1 Å². The minimum absolute atomic E-state index is 0. The highest BCUT2D eigenvalue weighted by Crippen LogP contribution is 2.25. The number of nitrogens with zero attached hydrogens (tertiary/aromatic N) is 1. The second kappa shape index (κ2) is 7.27. The molecule has 0 atom stereocenters. The fourth-order valence-corrected chi connectivity index (χ4v) is 2.16. The van der Waals surface area contributed by atoms with E-state index in [1.165, 1.54) is 0 Å². The predicted octanol–water partition coefficient (Wildman–Crippen LogP) is 3.19. The zero-order valence-corrected chi connectivity index (χ0v) is 11.6. The van der Waals surface area contributed by atoms with Gasteiger partial charge in [0.15, 0.2) is 10.9 Å². The van der Waals surface area contributed by atoms with E-state index in [0.717, 1.165) is 25.9 Å². The molecule has 0 spiro atoms. The Kier molecular flexibility index (Phi) is 6.34. The van der Waals surface area contributed by atoms with Crippen molar-refractivity contribution in [2.24, 2.45) is 5.92 Å². The number of nitrogens with one attached hydrogen (secondary N) is 1.